The highest BCUT2D eigenvalue weighted by Gasteiger charge is 2.36. The smallest absolute Gasteiger partial charge is 0.331 e. The van der Waals surface area contributed by atoms with Crippen LogP contribution in [-0.2, 0) is 16.1 Å². The van der Waals surface area contributed by atoms with Crippen molar-refractivity contribution in [3.05, 3.63) is 74.2 Å². The number of carbonyl (C=O) groups excluding carboxylic acids is 2. The third-order valence-electron chi connectivity index (χ3n) is 7.18. The van der Waals surface area contributed by atoms with Gasteiger partial charge in [-0.15, -0.1) is 0 Å². The lowest BCUT2D eigenvalue weighted by Gasteiger charge is -2.20. The van der Waals surface area contributed by atoms with Crippen molar-refractivity contribution in [3.63, 3.8) is 0 Å². The molecule has 11 heteroatoms. The Hall–Kier alpha value is -4.30. The number of nitrogens with one attached hydrogen (secondary N) is 2. The Kier molecular flexibility index (Phi) is 7.06. The molecule has 1 aromatic heterocycles. The van der Waals surface area contributed by atoms with Crippen molar-refractivity contribution in [1.29, 1.82) is 5.26 Å². The molecule has 1 saturated carbocycles. The maximum atomic E-state index is 15.2. The van der Waals surface area contributed by atoms with E-state index in [1.54, 1.807) is 13.8 Å². The van der Waals surface area contributed by atoms with Gasteiger partial charge in [-0.05, 0) is 62.9 Å². The van der Waals surface area contributed by atoms with Gasteiger partial charge >= 0.3 is 5.69 Å². The highest BCUT2D eigenvalue weighted by Crippen LogP contribution is 2.30. The van der Waals surface area contributed by atoms with Gasteiger partial charge < -0.3 is 15.4 Å². The van der Waals surface area contributed by atoms with Crippen LogP contribution in [0, 0.1) is 29.0 Å². The summed E-state index contributed by atoms with van der Waals surface area (Å²) in [4.78, 5) is 52.2. The molecule has 2 aromatic carbocycles. The minimum absolute atomic E-state index is 0.0143. The number of nitriles is 1. The van der Waals surface area contributed by atoms with E-state index in [1.165, 1.54) is 39.5 Å². The van der Waals surface area contributed by atoms with Crippen molar-refractivity contribution in [3.8, 4) is 6.07 Å². The van der Waals surface area contributed by atoms with Gasteiger partial charge in [0.2, 0.25) is 5.91 Å². The van der Waals surface area contributed by atoms with Crippen LogP contribution < -0.4 is 21.9 Å². The zero-order valence-corrected chi connectivity index (χ0v) is 21.6. The number of hydrogen-bond acceptors (Lipinski definition) is 6. The summed E-state index contributed by atoms with van der Waals surface area (Å²) in [6, 6.07) is 9.43. The third-order valence-corrected chi connectivity index (χ3v) is 7.18. The summed E-state index contributed by atoms with van der Waals surface area (Å²) in [5.74, 6) is -2.34. The van der Waals surface area contributed by atoms with Crippen molar-refractivity contribution in [2.75, 3.05) is 18.5 Å². The Labute approximate surface area is 223 Å². The van der Waals surface area contributed by atoms with Crippen molar-refractivity contribution in [2.24, 2.45) is 11.8 Å². The van der Waals surface area contributed by atoms with E-state index in [9.17, 15) is 19.2 Å². The van der Waals surface area contributed by atoms with Crippen molar-refractivity contribution in [1.82, 2.24) is 14.5 Å². The van der Waals surface area contributed by atoms with E-state index in [0.717, 1.165) is 18.9 Å². The fraction of sp³-hybridized carbons (Fsp3) is 0.393. The Morgan fingerprint density at radius 2 is 1.87 bits per heavy atom. The average Bonchev–Trinajstić information content (AvgIpc) is 3.62. The average molecular weight is 534 g/mol. The van der Waals surface area contributed by atoms with Gasteiger partial charge in [-0.2, -0.15) is 5.26 Å². The first-order valence-electron chi connectivity index (χ1n) is 12.9. The Morgan fingerprint density at radius 1 is 1.15 bits per heavy atom. The molecule has 2 atom stereocenters. The first-order valence-corrected chi connectivity index (χ1v) is 12.9. The maximum absolute atomic E-state index is 15.2. The molecule has 2 N–H and O–H groups in total. The highest BCUT2D eigenvalue weighted by molar-refractivity contribution is 5.98. The number of amides is 2. The molecule has 10 nitrogen and oxygen atoms in total. The molecule has 0 radical (unpaired) electrons. The van der Waals surface area contributed by atoms with Gasteiger partial charge in [0.15, 0.2) is 0 Å². The number of rotatable bonds is 7. The molecule has 3 aromatic rings. The summed E-state index contributed by atoms with van der Waals surface area (Å²) in [7, 11) is 0. The lowest BCUT2D eigenvalue weighted by molar-refractivity contribution is -0.120. The van der Waals surface area contributed by atoms with Crippen LogP contribution >= 0.6 is 0 Å². The summed E-state index contributed by atoms with van der Waals surface area (Å²) in [6.07, 6.45) is 1.89. The number of nitrogens with zero attached hydrogens (tertiary/aromatic N) is 3. The van der Waals surface area contributed by atoms with E-state index < -0.39 is 40.8 Å². The quantitative estimate of drug-likeness (QED) is 0.479. The van der Waals surface area contributed by atoms with Gasteiger partial charge in [0.25, 0.3) is 11.5 Å². The summed E-state index contributed by atoms with van der Waals surface area (Å²) < 4.78 is 23.2. The van der Waals surface area contributed by atoms with Crippen LogP contribution in [0.15, 0.2) is 46.0 Å². The zero-order valence-electron chi connectivity index (χ0n) is 21.6. The van der Waals surface area contributed by atoms with Crippen LogP contribution in [-0.4, -0.2) is 40.2 Å². The van der Waals surface area contributed by atoms with E-state index in [2.05, 4.69) is 10.6 Å². The Bertz CT molecular complexity index is 1620. The number of halogens is 1. The minimum atomic E-state index is -0.807. The molecule has 2 heterocycles. The first kappa shape index (κ1) is 26.3. The van der Waals surface area contributed by atoms with E-state index >= 15 is 4.39 Å². The molecule has 1 saturated heterocycles. The topological polar surface area (TPSA) is 135 Å². The van der Waals surface area contributed by atoms with Crippen molar-refractivity contribution < 1.29 is 18.7 Å². The van der Waals surface area contributed by atoms with Gasteiger partial charge in [-0.25, -0.2) is 9.18 Å². The first-order chi connectivity index (χ1) is 18.7. The van der Waals surface area contributed by atoms with E-state index in [4.69, 9.17) is 10.00 Å². The predicted octanol–water partition coefficient (Wildman–Crippen LogP) is 2.55. The molecule has 2 fully saturated rings. The maximum Gasteiger partial charge on any atom is 0.331 e. The second-order valence-electron chi connectivity index (χ2n) is 10.4. The molecule has 0 bridgehead atoms. The molecule has 1 aliphatic heterocycles. The van der Waals surface area contributed by atoms with Gasteiger partial charge in [0, 0.05) is 24.2 Å². The molecule has 5 rings (SSSR count). The van der Waals surface area contributed by atoms with Crippen LogP contribution in [0.3, 0.4) is 0 Å². The van der Waals surface area contributed by atoms with Gasteiger partial charge in [0.1, 0.15) is 5.82 Å². The number of benzene rings is 2. The van der Waals surface area contributed by atoms with Gasteiger partial charge in [0.05, 0.1) is 53.4 Å². The standard InChI is InChI=1S/C28H28FN5O5/c1-15(2)34-24-10-21(29)22(9-19(24)27(37)33(28(34)38)12-17-3-4-17)31-26(36)20-13-39-14-23(20)32-25(35)18-7-5-16(11-30)6-8-18/h5-10,15,17,20,23H,3-4,12-14H2,1-2H3,(H,31,36)(H,32,35). The van der Waals surface area contributed by atoms with Crippen LogP contribution in [0.2, 0.25) is 0 Å². The number of fused-ring (bicyclic) bond motifs is 1. The molecular formula is C28H28FN5O5. The molecular weight excluding hydrogens is 505 g/mol. The zero-order chi connectivity index (χ0) is 27.8. The van der Waals surface area contributed by atoms with E-state index in [0.29, 0.717) is 17.7 Å². The molecule has 39 heavy (non-hydrogen) atoms. The van der Waals surface area contributed by atoms with E-state index in [1.807, 2.05) is 6.07 Å². The molecule has 0 spiro atoms. The second-order valence-corrected chi connectivity index (χ2v) is 10.4. The van der Waals surface area contributed by atoms with Crippen LogP contribution in [0.25, 0.3) is 10.9 Å². The molecule has 2 unspecified atom stereocenters. The van der Waals surface area contributed by atoms with Crippen molar-refractivity contribution in [2.45, 2.75) is 45.3 Å². The molecule has 202 valence electrons. The monoisotopic (exact) mass is 533 g/mol. The van der Waals surface area contributed by atoms with E-state index in [-0.39, 0.29) is 41.8 Å². The number of ether oxygens (including phenoxy) is 1. The lowest BCUT2D eigenvalue weighted by atomic mass is 10.0. The fourth-order valence-corrected chi connectivity index (χ4v) is 4.84. The minimum Gasteiger partial charge on any atom is -0.378 e. The summed E-state index contributed by atoms with van der Waals surface area (Å²) in [5.41, 5.74) is -0.296. The van der Waals surface area contributed by atoms with Crippen LogP contribution in [0.5, 0.6) is 0 Å². The molecule has 2 amide bonds. The highest BCUT2D eigenvalue weighted by atomic mass is 19.1. The lowest BCUT2D eigenvalue weighted by Crippen LogP contribution is -2.44. The molecule has 1 aliphatic carbocycles. The summed E-state index contributed by atoms with van der Waals surface area (Å²) in [6.45, 7) is 3.98. The normalized spacial score (nSPS) is 18.7. The SMILES string of the molecule is CC(C)n1c(=O)n(CC2CC2)c(=O)c2cc(NC(=O)C3COCC3NC(=O)c3ccc(C#N)cc3)c(F)cc21. The predicted molar refractivity (Wildman–Crippen MR) is 141 cm³/mol. The summed E-state index contributed by atoms with van der Waals surface area (Å²) in [5, 5.41) is 14.4. The number of anilines is 1. The Balaban J connectivity index is 1.40. The molecule has 2 aliphatic rings. The van der Waals surface area contributed by atoms with Gasteiger partial charge in [-0.1, -0.05) is 0 Å². The van der Waals surface area contributed by atoms with Crippen LogP contribution in [0.1, 0.15) is 48.7 Å². The Morgan fingerprint density at radius 3 is 2.51 bits per heavy atom. The fourth-order valence-electron chi connectivity index (χ4n) is 4.84. The second kappa shape index (κ2) is 10.5. The number of hydrogen-bond donors (Lipinski definition) is 2. The third kappa shape index (κ3) is 5.20. The van der Waals surface area contributed by atoms with Crippen LogP contribution in [0.4, 0.5) is 10.1 Å². The number of aromatic nitrogens is 2. The summed E-state index contributed by atoms with van der Waals surface area (Å²) >= 11 is 0. The largest absolute Gasteiger partial charge is 0.378 e. The number of carbonyl (C=O) groups is 2. The van der Waals surface area contributed by atoms with Gasteiger partial charge in [-0.3, -0.25) is 23.5 Å². The van der Waals surface area contributed by atoms with Crippen molar-refractivity contribution >= 4 is 28.4 Å².